The number of hydrogen-bond acceptors (Lipinski definition) is 4. The van der Waals surface area contributed by atoms with E-state index in [1.54, 1.807) is 18.6 Å². The summed E-state index contributed by atoms with van der Waals surface area (Å²) in [5.41, 5.74) is 7.00. The second kappa shape index (κ2) is 5.72. The minimum atomic E-state index is -3.52. The van der Waals surface area contributed by atoms with E-state index in [9.17, 15) is 8.42 Å². The van der Waals surface area contributed by atoms with Gasteiger partial charge in [0.1, 0.15) is 0 Å². The molecule has 1 heterocycles. The van der Waals surface area contributed by atoms with Crippen molar-refractivity contribution in [3.8, 4) is 0 Å². The van der Waals surface area contributed by atoms with E-state index in [2.05, 4.69) is 30.6 Å². The quantitative estimate of drug-likeness (QED) is 0.711. The van der Waals surface area contributed by atoms with Crippen molar-refractivity contribution >= 4 is 31.6 Å². The van der Waals surface area contributed by atoms with Crippen molar-refractivity contribution in [2.24, 2.45) is 0 Å². The first-order valence-corrected chi connectivity index (χ1v) is 7.78. The van der Waals surface area contributed by atoms with Crippen molar-refractivity contribution in [1.29, 1.82) is 0 Å². The van der Waals surface area contributed by atoms with Crippen molar-refractivity contribution < 1.29 is 8.42 Å². The zero-order chi connectivity index (χ0) is 13.9. The topological polar surface area (TPSA) is 101 Å². The van der Waals surface area contributed by atoms with Gasteiger partial charge in [0.25, 0.3) is 0 Å². The minimum Gasteiger partial charge on any atom is -0.398 e. The number of nitrogens with zero attached hydrogens (tertiary/aromatic N) is 1. The van der Waals surface area contributed by atoms with Crippen molar-refractivity contribution in [2.75, 3.05) is 12.3 Å². The van der Waals surface area contributed by atoms with Crippen LogP contribution < -0.4 is 10.5 Å². The van der Waals surface area contributed by atoms with Gasteiger partial charge in [-0.2, -0.15) is 0 Å². The molecule has 1 aromatic heterocycles. The van der Waals surface area contributed by atoms with Gasteiger partial charge in [-0.05, 0) is 34.1 Å². The molecule has 0 saturated heterocycles. The molecule has 0 fully saturated rings. The molecule has 4 N–H and O–H groups in total. The van der Waals surface area contributed by atoms with Gasteiger partial charge >= 0.3 is 0 Å². The van der Waals surface area contributed by atoms with Gasteiger partial charge in [0.05, 0.1) is 11.2 Å². The van der Waals surface area contributed by atoms with Crippen LogP contribution in [-0.4, -0.2) is 24.9 Å². The molecule has 8 heteroatoms. The molecule has 6 nitrogen and oxygen atoms in total. The number of halogens is 1. The largest absolute Gasteiger partial charge is 0.398 e. The van der Waals surface area contributed by atoms with Crippen LogP contribution in [0.15, 0.2) is 40.1 Å². The van der Waals surface area contributed by atoms with Crippen LogP contribution in [0.5, 0.6) is 0 Å². The van der Waals surface area contributed by atoms with Crippen LogP contribution in [0.25, 0.3) is 0 Å². The van der Waals surface area contributed by atoms with Crippen LogP contribution in [0.1, 0.15) is 5.69 Å². The average molecular weight is 345 g/mol. The molecular formula is C11H13BrN4O2S. The lowest BCUT2D eigenvalue weighted by Gasteiger charge is -2.07. The molecule has 0 aliphatic carbocycles. The first-order valence-electron chi connectivity index (χ1n) is 5.51. The summed E-state index contributed by atoms with van der Waals surface area (Å²) in [6.07, 6.45) is 3.77. The lowest BCUT2D eigenvalue weighted by molar-refractivity contribution is 0.581. The van der Waals surface area contributed by atoms with Crippen molar-refractivity contribution in [3.63, 3.8) is 0 Å². The molecule has 0 saturated carbocycles. The monoisotopic (exact) mass is 344 g/mol. The number of nitrogens with one attached hydrogen (secondary N) is 2. The maximum Gasteiger partial charge on any atom is 0.240 e. The summed E-state index contributed by atoms with van der Waals surface area (Å²) in [6.45, 7) is 0.298. The predicted molar refractivity (Wildman–Crippen MR) is 76.0 cm³/mol. The third kappa shape index (κ3) is 3.55. The normalized spacial score (nSPS) is 11.6. The summed E-state index contributed by atoms with van der Waals surface area (Å²) in [5.74, 6) is 0. The number of nitrogen functional groups attached to an aromatic ring is 1. The van der Waals surface area contributed by atoms with Gasteiger partial charge in [-0.25, -0.2) is 18.1 Å². The number of aromatic amines is 1. The zero-order valence-electron chi connectivity index (χ0n) is 9.93. The van der Waals surface area contributed by atoms with Gasteiger partial charge in [-0.3, -0.25) is 0 Å². The summed E-state index contributed by atoms with van der Waals surface area (Å²) in [4.78, 5) is 6.95. The molecule has 0 aliphatic rings. The second-order valence-corrected chi connectivity index (χ2v) is 6.53. The SMILES string of the molecule is Nc1ccc(S(=O)(=O)NCCc2cnc[nH]2)cc1Br. The Labute approximate surface area is 119 Å². The van der Waals surface area contributed by atoms with Crippen LogP contribution in [0.3, 0.4) is 0 Å². The number of nitrogens with two attached hydrogens (primary N) is 1. The Morgan fingerprint density at radius 3 is 2.84 bits per heavy atom. The fraction of sp³-hybridized carbons (Fsp3) is 0.182. The van der Waals surface area contributed by atoms with Crippen LogP contribution in [-0.2, 0) is 16.4 Å². The average Bonchev–Trinajstić information content (AvgIpc) is 2.85. The summed E-state index contributed by atoms with van der Waals surface area (Å²) in [6, 6.07) is 4.50. The number of H-pyrrole nitrogens is 1. The van der Waals surface area contributed by atoms with Crippen molar-refractivity contribution in [3.05, 3.63) is 40.9 Å². The lowest BCUT2D eigenvalue weighted by atomic mass is 10.3. The van der Waals surface area contributed by atoms with Crippen molar-refractivity contribution in [1.82, 2.24) is 14.7 Å². The van der Waals surface area contributed by atoms with Crippen LogP contribution in [0.4, 0.5) is 5.69 Å². The smallest absolute Gasteiger partial charge is 0.240 e. The van der Waals surface area contributed by atoms with Gasteiger partial charge in [-0.15, -0.1) is 0 Å². The van der Waals surface area contributed by atoms with Gasteiger partial charge in [0, 0.05) is 35.0 Å². The standard InChI is InChI=1S/C11H13BrN4O2S/c12-10-5-9(1-2-11(10)13)19(17,18)16-4-3-8-6-14-7-15-8/h1-2,5-7,16H,3-4,13H2,(H,14,15). The summed E-state index contributed by atoms with van der Waals surface area (Å²) in [7, 11) is -3.52. The highest BCUT2D eigenvalue weighted by atomic mass is 79.9. The van der Waals surface area contributed by atoms with E-state index in [4.69, 9.17) is 5.73 Å². The number of hydrogen-bond donors (Lipinski definition) is 3. The molecular weight excluding hydrogens is 332 g/mol. The fourth-order valence-corrected chi connectivity index (χ4v) is 3.09. The Kier molecular flexibility index (Phi) is 4.23. The number of rotatable bonds is 5. The Morgan fingerprint density at radius 2 is 2.21 bits per heavy atom. The van der Waals surface area contributed by atoms with E-state index in [1.165, 1.54) is 12.1 Å². The number of aromatic nitrogens is 2. The lowest BCUT2D eigenvalue weighted by Crippen LogP contribution is -2.26. The highest BCUT2D eigenvalue weighted by Crippen LogP contribution is 2.22. The molecule has 0 spiro atoms. The highest BCUT2D eigenvalue weighted by molar-refractivity contribution is 9.10. The molecule has 0 atom stereocenters. The fourth-order valence-electron chi connectivity index (χ4n) is 1.50. The number of anilines is 1. The highest BCUT2D eigenvalue weighted by Gasteiger charge is 2.14. The first kappa shape index (κ1) is 14.0. The maximum atomic E-state index is 12.0. The number of imidazole rings is 1. The predicted octanol–water partition coefficient (Wildman–Crippen LogP) is 1.28. The van der Waals surface area contributed by atoms with Crippen LogP contribution in [0, 0.1) is 0 Å². The van der Waals surface area contributed by atoms with Gasteiger partial charge in [0.2, 0.25) is 10.0 Å². The van der Waals surface area contributed by atoms with E-state index < -0.39 is 10.0 Å². The molecule has 19 heavy (non-hydrogen) atoms. The van der Waals surface area contributed by atoms with E-state index in [1.807, 2.05) is 0 Å². The third-order valence-corrected chi connectivity index (χ3v) is 4.67. The van der Waals surface area contributed by atoms with E-state index >= 15 is 0 Å². The summed E-state index contributed by atoms with van der Waals surface area (Å²) in [5, 5.41) is 0. The Bertz CT molecular complexity index is 655. The van der Waals surface area contributed by atoms with E-state index in [0.717, 1.165) is 5.69 Å². The Hall–Kier alpha value is -1.38. The number of benzene rings is 1. The molecule has 0 amide bonds. The Morgan fingerprint density at radius 1 is 1.42 bits per heavy atom. The molecule has 0 unspecified atom stereocenters. The van der Waals surface area contributed by atoms with Crippen LogP contribution in [0.2, 0.25) is 0 Å². The molecule has 0 aliphatic heterocycles. The van der Waals surface area contributed by atoms with E-state index in [-0.39, 0.29) is 4.90 Å². The van der Waals surface area contributed by atoms with Gasteiger partial charge in [0.15, 0.2) is 0 Å². The second-order valence-electron chi connectivity index (χ2n) is 3.91. The molecule has 2 aromatic rings. The molecule has 2 rings (SSSR count). The van der Waals surface area contributed by atoms with Crippen molar-refractivity contribution in [2.45, 2.75) is 11.3 Å². The zero-order valence-corrected chi connectivity index (χ0v) is 12.3. The van der Waals surface area contributed by atoms with Gasteiger partial charge < -0.3 is 10.7 Å². The minimum absolute atomic E-state index is 0.179. The van der Waals surface area contributed by atoms with Gasteiger partial charge in [-0.1, -0.05) is 0 Å². The maximum absolute atomic E-state index is 12.0. The molecule has 1 aromatic carbocycles. The number of sulfonamides is 1. The third-order valence-electron chi connectivity index (χ3n) is 2.52. The van der Waals surface area contributed by atoms with E-state index in [0.29, 0.717) is 23.1 Å². The summed E-state index contributed by atoms with van der Waals surface area (Å²) < 4.78 is 27.1. The molecule has 0 bridgehead atoms. The molecule has 0 radical (unpaired) electrons. The first-order chi connectivity index (χ1) is 8.99. The van der Waals surface area contributed by atoms with Crippen LogP contribution >= 0.6 is 15.9 Å². The molecule has 102 valence electrons. The Balaban J connectivity index is 2.03. The summed E-state index contributed by atoms with van der Waals surface area (Å²) >= 11 is 3.21.